The van der Waals surface area contributed by atoms with E-state index in [2.05, 4.69) is 0 Å². The SMILES string of the molecule is CC(O)C(=O)O.CC(O)CCCCO. The third kappa shape index (κ3) is 17.4. The summed E-state index contributed by atoms with van der Waals surface area (Å²) in [5.41, 5.74) is 0. The molecule has 0 aromatic rings. The Hall–Kier alpha value is -0.650. The van der Waals surface area contributed by atoms with Crippen molar-refractivity contribution in [2.24, 2.45) is 0 Å². The molecule has 14 heavy (non-hydrogen) atoms. The Morgan fingerprint density at radius 3 is 1.86 bits per heavy atom. The molecule has 0 aromatic heterocycles. The molecule has 0 saturated heterocycles. The zero-order valence-corrected chi connectivity index (χ0v) is 8.68. The van der Waals surface area contributed by atoms with Crippen molar-refractivity contribution in [2.45, 2.75) is 45.3 Å². The number of carboxylic acids is 1. The van der Waals surface area contributed by atoms with Crippen LogP contribution in [0.3, 0.4) is 0 Å². The Kier molecular flexibility index (Phi) is 11.8. The van der Waals surface area contributed by atoms with Gasteiger partial charge >= 0.3 is 5.97 Å². The monoisotopic (exact) mass is 208 g/mol. The number of aliphatic hydroxyl groups is 3. The van der Waals surface area contributed by atoms with Crippen LogP contribution in [0.15, 0.2) is 0 Å². The Morgan fingerprint density at radius 2 is 1.64 bits per heavy atom. The van der Waals surface area contributed by atoms with Crippen LogP contribution in [0.4, 0.5) is 0 Å². The van der Waals surface area contributed by atoms with Crippen molar-refractivity contribution in [2.75, 3.05) is 6.61 Å². The van der Waals surface area contributed by atoms with E-state index in [1.165, 1.54) is 6.92 Å². The lowest BCUT2D eigenvalue weighted by molar-refractivity contribution is -0.145. The highest BCUT2D eigenvalue weighted by Crippen LogP contribution is 1.97. The van der Waals surface area contributed by atoms with Gasteiger partial charge in [0.05, 0.1) is 6.10 Å². The number of carboxylic acid groups (broad SMARTS) is 1. The average Bonchev–Trinajstić information content (AvgIpc) is 2.05. The molecule has 2 atom stereocenters. The third-order valence-corrected chi connectivity index (χ3v) is 1.39. The summed E-state index contributed by atoms with van der Waals surface area (Å²) in [6, 6.07) is 0. The molecule has 0 saturated carbocycles. The molecule has 2 unspecified atom stereocenters. The smallest absolute Gasteiger partial charge is 0.332 e. The van der Waals surface area contributed by atoms with Crippen LogP contribution in [0, 0.1) is 0 Å². The van der Waals surface area contributed by atoms with Crippen molar-refractivity contribution in [3.63, 3.8) is 0 Å². The maximum Gasteiger partial charge on any atom is 0.332 e. The van der Waals surface area contributed by atoms with Crippen molar-refractivity contribution in [3.8, 4) is 0 Å². The second-order valence-corrected chi connectivity index (χ2v) is 3.08. The molecule has 0 aliphatic rings. The van der Waals surface area contributed by atoms with Crippen LogP contribution in [0.25, 0.3) is 0 Å². The number of aliphatic hydroxyl groups excluding tert-OH is 3. The molecular formula is C9H20O5. The van der Waals surface area contributed by atoms with E-state index in [1.54, 1.807) is 6.92 Å². The molecule has 0 rings (SSSR count). The van der Waals surface area contributed by atoms with Gasteiger partial charge in [0.15, 0.2) is 0 Å². The zero-order valence-electron chi connectivity index (χ0n) is 8.68. The molecule has 0 bridgehead atoms. The van der Waals surface area contributed by atoms with Gasteiger partial charge in [0.25, 0.3) is 0 Å². The quantitative estimate of drug-likeness (QED) is 0.476. The van der Waals surface area contributed by atoms with Crippen LogP contribution in [0.2, 0.25) is 0 Å². The Bertz CT molecular complexity index is 133. The molecule has 0 aliphatic heterocycles. The number of rotatable bonds is 5. The van der Waals surface area contributed by atoms with Crippen LogP contribution in [0.1, 0.15) is 33.1 Å². The predicted molar refractivity (Wildman–Crippen MR) is 51.9 cm³/mol. The molecule has 0 aliphatic carbocycles. The first-order valence-corrected chi connectivity index (χ1v) is 4.61. The van der Waals surface area contributed by atoms with Gasteiger partial charge in [-0.15, -0.1) is 0 Å². The lowest BCUT2D eigenvalue weighted by Gasteiger charge is -1.99. The molecule has 4 N–H and O–H groups in total. The lowest BCUT2D eigenvalue weighted by Crippen LogP contribution is -2.13. The first-order valence-electron chi connectivity index (χ1n) is 4.61. The maximum absolute atomic E-state index is 9.45. The fourth-order valence-electron chi connectivity index (χ4n) is 0.552. The van der Waals surface area contributed by atoms with Crippen LogP contribution in [0.5, 0.6) is 0 Å². The van der Waals surface area contributed by atoms with E-state index >= 15 is 0 Å². The molecule has 0 spiro atoms. The molecule has 0 heterocycles. The molecule has 0 radical (unpaired) electrons. The van der Waals surface area contributed by atoms with Gasteiger partial charge in [-0.25, -0.2) is 4.79 Å². The number of hydrogen-bond acceptors (Lipinski definition) is 4. The Morgan fingerprint density at radius 1 is 1.21 bits per heavy atom. The third-order valence-electron chi connectivity index (χ3n) is 1.39. The first kappa shape index (κ1) is 15.8. The van der Waals surface area contributed by atoms with Crippen LogP contribution in [-0.4, -0.2) is 45.2 Å². The van der Waals surface area contributed by atoms with Crippen molar-refractivity contribution in [1.29, 1.82) is 0 Å². The summed E-state index contributed by atoms with van der Waals surface area (Å²) >= 11 is 0. The summed E-state index contributed by atoms with van der Waals surface area (Å²) in [5.74, 6) is -1.19. The van der Waals surface area contributed by atoms with E-state index in [-0.39, 0.29) is 12.7 Å². The normalized spacial score (nSPS) is 13.8. The predicted octanol–water partition coefficient (Wildman–Crippen LogP) is -0.0184. The minimum Gasteiger partial charge on any atom is -0.479 e. The number of unbranched alkanes of at least 4 members (excludes halogenated alkanes) is 1. The number of aliphatic carboxylic acids is 1. The zero-order chi connectivity index (χ0) is 11.6. The van der Waals surface area contributed by atoms with Crippen LogP contribution >= 0.6 is 0 Å². The Labute approximate surface area is 84.0 Å². The van der Waals surface area contributed by atoms with Crippen molar-refractivity contribution in [3.05, 3.63) is 0 Å². The van der Waals surface area contributed by atoms with Gasteiger partial charge in [0.2, 0.25) is 0 Å². The number of carbonyl (C=O) groups is 1. The molecule has 0 amide bonds. The topological polar surface area (TPSA) is 98.0 Å². The minimum atomic E-state index is -1.23. The van der Waals surface area contributed by atoms with E-state index in [0.29, 0.717) is 0 Å². The van der Waals surface area contributed by atoms with Crippen LogP contribution < -0.4 is 0 Å². The lowest BCUT2D eigenvalue weighted by atomic mass is 10.2. The summed E-state index contributed by atoms with van der Waals surface area (Å²) in [5, 5.41) is 32.8. The van der Waals surface area contributed by atoms with E-state index in [9.17, 15) is 4.79 Å². The van der Waals surface area contributed by atoms with Gasteiger partial charge in [-0.3, -0.25) is 0 Å². The first-order chi connectivity index (χ1) is 6.41. The van der Waals surface area contributed by atoms with Gasteiger partial charge in [0, 0.05) is 6.61 Å². The minimum absolute atomic E-state index is 0.207. The second kappa shape index (κ2) is 10.4. The van der Waals surface area contributed by atoms with E-state index < -0.39 is 12.1 Å². The van der Waals surface area contributed by atoms with Gasteiger partial charge in [-0.2, -0.15) is 0 Å². The Balaban J connectivity index is 0. The molecule has 0 aromatic carbocycles. The molecule has 5 heteroatoms. The second-order valence-electron chi connectivity index (χ2n) is 3.08. The molecule has 5 nitrogen and oxygen atoms in total. The molecule has 86 valence electrons. The largest absolute Gasteiger partial charge is 0.479 e. The highest BCUT2D eigenvalue weighted by molar-refractivity contribution is 5.71. The van der Waals surface area contributed by atoms with Crippen molar-refractivity contribution >= 4 is 5.97 Å². The number of hydrogen-bond donors (Lipinski definition) is 4. The summed E-state index contributed by atoms with van der Waals surface area (Å²) in [4.78, 5) is 9.45. The van der Waals surface area contributed by atoms with Gasteiger partial charge in [-0.1, -0.05) is 0 Å². The summed E-state index contributed by atoms with van der Waals surface area (Å²) in [7, 11) is 0. The summed E-state index contributed by atoms with van der Waals surface area (Å²) in [6.07, 6.45) is 1.10. The molecular weight excluding hydrogens is 188 g/mol. The molecule has 0 fully saturated rings. The fraction of sp³-hybridized carbons (Fsp3) is 0.889. The van der Waals surface area contributed by atoms with Gasteiger partial charge in [-0.05, 0) is 33.1 Å². The van der Waals surface area contributed by atoms with E-state index in [4.69, 9.17) is 20.4 Å². The maximum atomic E-state index is 9.45. The highest BCUT2D eigenvalue weighted by Gasteiger charge is 2.01. The van der Waals surface area contributed by atoms with E-state index in [0.717, 1.165) is 19.3 Å². The van der Waals surface area contributed by atoms with Crippen molar-refractivity contribution in [1.82, 2.24) is 0 Å². The van der Waals surface area contributed by atoms with Gasteiger partial charge in [0.1, 0.15) is 6.10 Å². The standard InChI is InChI=1S/C6H14O2.C3H6O3/c1-6(8)4-2-3-5-7;1-2(4)3(5)6/h6-8H,2-5H2,1H3;2,4H,1H3,(H,5,6). The van der Waals surface area contributed by atoms with E-state index in [1.807, 2.05) is 0 Å². The summed E-state index contributed by atoms with van der Waals surface area (Å²) < 4.78 is 0. The van der Waals surface area contributed by atoms with Crippen LogP contribution in [-0.2, 0) is 4.79 Å². The highest BCUT2D eigenvalue weighted by atomic mass is 16.4. The summed E-state index contributed by atoms with van der Waals surface area (Å²) in [6.45, 7) is 3.20. The fourth-order valence-corrected chi connectivity index (χ4v) is 0.552. The van der Waals surface area contributed by atoms with Gasteiger partial charge < -0.3 is 20.4 Å². The van der Waals surface area contributed by atoms with Crippen molar-refractivity contribution < 1.29 is 25.2 Å². The average molecular weight is 208 g/mol.